The van der Waals surface area contributed by atoms with Crippen molar-refractivity contribution in [3.8, 4) is 0 Å². The van der Waals surface area contributed by atoms with Gasteiger partial charge in [-0.25, -0.2) is 4.98 Å². The van der Waals surface area contributed by atoms with Gasteiger partial charge in [-0.05, 0) is 32.5 Å². The average Bonchev–Trinajstić information content (AvgIpc) is 2.82. The smallest absolute Gasteiger partial charge is 0.185 e. The van der Waals surface area contributed by atoms with Gasteiger partial charge in [0.2, 0.25) is 0 Å². The fraction of sp³-hybridized carbons (Fsp3) is 0.400. The number of aromatic nitrogens is 1. The highest BCUT2D eigenvalue weighted by atomic mass is 79.9. The van der Waals surface area contributed by atoms with Crippen LogP contribution < -0.4 is 10.2 Å². The van der Waals surface area contributed by atoms with Gasteiger partial charge >= 0.3 is 0 Å². The summed E-state index contributed by atoms with van der Waals surface area (Å²) in [5.41, 5.74) is 2.39. The van der Waals surface area contributed by atoms with Crippen LogP contribution in [0.15, 0.2) is 28.7 Å². The molecule has 5 heteroatoms. The third-order valence-corrected chi connectivity index (χ3v) is 5.57. The minimum absolute atomic E-state index is 0.345. The Kier molecular flexibility index (Phi) is 5.18. The van der Waals surface area contributed by atoms with Crippen molar-refractivity contribution >= 4 is 32.4 Å². The molecular formula is C15H20BrN3S. The maximum Gasteiger partial charge on any atom is 0.185 e. The number of rotatable bonds is 5. The summed E-state index contributed by atoms with van der Waals surface area (Å²) in [4.78, 5) is 8.20. The fourth-order valence-electron chi connectivity index (χ4n) is 2.04. The zero-order chi connectivity index (χ0) is 14.7. The molecule has 2 aromatic rings. The molecule has 0 aliphatic heterocycles. The van der Waals surface area contributed by atoms with Crippen LogP contribution in [0.1, 0.15) is 29.1 Å². The Labute approximate surface area is 133 Å². The lowest BCUT2D eigenvalue weighted by Crippen LogP contribution is -2.16. The number of hydrogen-bond acceptors (Lipinski definition) is 4. The van der Waals surface area contributed by atoms with E-state index in [1.807, 2.05) is 13.1 Å². The monoisotopic (exact) mass is 353 g/mol. The summed E-state index contributed by atoms with van der Waals surface area (Å²) < 4.78 is 1.14. The van der Waals surface area contributed by atoms with Gasteiger partial charge in [0.25, 0.3) is 0 Å². The zero-order valence-corrected chi connectivity index (χ0v) is 14.7. The summed E-state index contributed by atoms with van der Waals surface area (Å²) in [7, 11) is 4.07. The second-order valence-corrected chi connectivity index (χ2v) is 6.77. The van der Waals surface area contributed by atoms with Gasteiger partial charge in [0.05, 0.1) is 5.69 Å². The lowest BCUT2D eigenvalue weighted by molar-refractivity contribution is 0.658. The molecule has 0 spiro atoms. The molecule has 0 radical (unpaired) electrons. The van der Waals surface area contributed by atoms with Crippen molar-refractivity contribution in [2.75, 3.05) is 19.0 Å². The molecule has 1 aromatic carbocycles. The first kappa shape index (κ1) is 15.5. The highest BCUT2D eigenvalue weighted by molar-refractivity contribution is 9.10. The van der Waals surface area contributed by atoms with Crippen molar-refractivity contribution < 1.29 is 0 Å². The van der Waals surface area contributed by atoms with E-state index in [0.29, 0.717) is 6.04 Å². The molecule has 20 heavy (non-hydrogen) atoms. The fourth-order valence-corrected chi connectivity index (χ4v) is 3.54. The molecular weight excluding hydrogens is 334 g/mol. The average molecular weight is 354 g/mol. The topological polar surface area (TPSA) is 28.2 Å². The molecule has 1 heterocycles. The van der Waals surface area contributed by atoms with E-state index in [1.54, 1.807) is 11.3 Å². The molecule has 0 aliphatic rings. The van der Waals surface area contributed by atoms with Crippen molar-refractivity contribution in [2.24, 2.45) is 0 Å². The van der Waals surface area contributed by atoms with E-state index in [9.17, 15) is 0 Å². The Balaban J connectivity index is 2.18. The number of anilines is 1. The van der Waals surface area contributed by atoms with E-state index in [0.717, 1.165) is 21.8 Å². The first-order valence-corrected chi connectivity index (χ1v) is 8.23. The van der Waals surface area contributed by atoms with Crippen molar-refractivity contribution in [3.63, 3.8) is 0 Å². The normalized spacial score (nSPS) is 12.4. The van der Waals surface area contributed by atoms with Gasteiger partial charge in [-0.2, -0.15) is 0 Å². The van der Waals surface area contributed by atoms with E-state index in [4.69, 9.17) is 4.98 Å². The van der Waals surface area contributed by atoms with Crippen LogP contribution in [-0.2, 0) is 6.54 Å². The highest BCUT2D eigenvalue weighted by Crippen LogP contribution is 2.31. The second-order valence-electron chi connectivity index (χ2n) is 4.90. The maximum absolute atomic E-state index is 4.69. The van der Waals surface area contributed by atoms with Gasteiger partial charge in [0.1, 0.15) is 0 Å². The number of hydrogen-bond donors (Lipinski definition) is 1. The highest BCUT2D eigenvalue weighted by Gasteiger charge is 2.15. The van der Waals surface area contributed by atoms with Gasteiger partial charge in [-0.15, -0.1) is 11.3 Å². The van der Waals surface area contributed by atoms with E-state index in [2.05, 4.69) is 65.2 Å². The van der Waals surface area contributed by atoms with Gasteiger partial charge in [-0.3, -0.25) is 0 Å². The van der Waals surface area contributed by atoms with Crippen LogP contribution in [0, 0.1) is 6.92 Å². The molecule has 0 bridgehead atoms. The quantitative estimate of drug-likeness (QED) is 0.875. The van der Waals surface area contributed by atoms with Crippen LogP contribution in [0.2, 0.25) is 0 Å². The molecule has 1 aromatic heterocycles. The van der Waals surface area contributed by atoms with E-state index in [-0.39, 0.29) is 0 Å². The summed E-state index contributed by atoms with van der Waals surface area (Å²) in [5.74, 6) is 0. The van der Waals surface area contributed by atoms with Crippen molar-refractivity contribution in [3.05, 3.63) is 44.9 Å². The first-order valence-electron chi connectivity index (χ1n) is 6.62. The van der Waals surface area contributed by atoms with Crippen molar-refractivity contribution in [1.29, 1.82) is 0 Å². The molecule has 1 unspecified atom stereocenters. The predicted molar refractivity (Wildman–Crippen MR) is 90.6 cm³/mol. The van der Waals surface area contributed by atoms with Gasteiger partial charge in [-0.1, -0.05) is 34.1 Å². The summed E-state index contributed by atoms with van der Waals surface area (Å²) in [6.07, 6.45) is 0. The minimum atomic E-state index is 0.345. The first-order chi connectivity index (χ1) is 9.52. The van der Waals surface area contributed by atoms with E-state index >= 15 is 0 Å². The number of halogens is 1. The van der Waals surface area contributed by atoms with Gasteiger partial charge in [0, 0.05) is 29.0 Å². The third-order valence-electron chi connectivity index (χ3n) is 3.34. The standard InChI is InChI=1S/C15H20BrN3S/c1-10(17-3)14-11(2)18-15(20-14)19(4)9-12-7-5-6-8-13(12)16/h5-8,10,17H,9H2,1-4H3. The molecule has 0 fully saturated rings. The predicted octanol–water partition coefficient (Wildman–Crippen LogP) is 4.13. The summed E-state index contributed by atoms with van der Waals surface area (Å²) >= 11 is 5.36. The number of benzene rings is 1. The molecule has 0 saturated carbocycles. The molecule has 108 valence electrons. The Morgan fingerprint density at radius 3 is 2.75 bits per heavy atom. The third kappa shape index (κ3) is 3.40. The minimum Gasteiger partial charge on any atom is -0.347 e. The Morgan fingerprint density at radius 1 is 1.40 bits per heavy atom. The van der Waals surface area contributed by atoms with E-state index in [1.165, 1.54) is 10.4 Å². The number of nitrogens with zero attached hydrogens (tertiary/aromatic N) is 2. The summed E-state index contributed by atoms with van der Waals surface area (Å²) in [6.45, 7) is 5.09. The summed E-state index contributed by atoms with van der Waals surface area (Å²) in [6, 6.07) is 8.66. The van der Waals surface area contributed by atoms with E-state index < -0.39 is 0 Å². The Hall–Kier alpha value is -0.910. The Morgan fingerprint density at radius 2 is 2.10 bits per heavy atom. The van der Waals surface area contributed by atoms with Gasteiger partial charge in [0.15, 0.2) is 5.13 Å². The zero-order valence-electron chi connectivity index (χ0n) is 12.3. The molecule has 1 N–H and O–H groups in total. The number of aryl methyl sites for hydroxylation is 1. The van der Waals surface area contributed by atoms with Crippen LogP contribution in [-0.4, -0.2) is 19.1 Å². The Bertz CT molecular complexity index is 582. The van der Waals surface area contributed by atoms with Crippen molar-refractivity contribution in [1.82, 2.24) is 10.3 Å². The molecule has 1 atom stereocenters. The van der Waals surface area contributed by atoms with Crippen molar-refractivity contribution in [2.45, 2.75) is 26.4 Å². The largest absolute Gasteiger partial charge is 0.347 e. The van der Waals surface area contributed by atoms with Crippen LogP contribution in [0.5, 0.6) is 0 Å². The lowest BCUT2D eigenvalue weighted by Gasteiger charge is -2.16. The van der Waals surface area contributed by atoms with Crippen LogP contribution >= 0.6 is 27.3 Å². The van der Waals surface area contributed by atoms with Gasteiger partial charge < -0.3 is 10.2 Å². The van der Waals surface area contributed by atoms with Crippen LogP contribution in [0.4, 0.5) is 5.13 Å². The number of thiazole rings is 1. The lowest BCUT2D eigenvalue weighted by atomic mass is 10.2. The molecule has 3 nitrogen and oxygen atoms in total. The molecule has 0 saturated heterocycles. The second kappa shape index (κ2) is 6.70. The maximum atomic E-state index is 4.69. The molecule has 0 aliphatic carbocycles. The molecule has 0 amide bonds. The molecule has 2 rings (SSSR count). The SMILES string of the molecule is CNC(C)c1sc(N(C)Cc2ccccc2Br)nc1C. The van der Waals surface area contributed by atoms with Crippen LogP contribution in [0.3, 0.4) is 0 Å². The number of nitrogens with one attached hydrogen (secondary N) is 1. The summed E-state index contributed by atoms with van der Waals surface area (Å²) in [5, 5.41) is 4.34. The van der Waals surface area contributed by atoms with Crippen LogP contribution in [0.25, 0.3) is 0 Å².